The van der Waals surface area contributed by atoms with Crippen molar-refractivity contribution in [2.75, 3.05) is 13.6 Å². The minimum atomic E-state index is -0.859. The fourth-order valence-electron chi connectivity index (χ4n) is 3.19. The maximum Gasteiger partial charge on any atom is 0.362 e. The van der Waals surface area contributed by atoms with Crippen molar-refractivity contribution in [1.82, 2.24) is 0 Å². The van der Waals surface area contributed by atoms with Crippen LogP contribution in [-0.2, 0) is 9.59 Å². The number of carboxylic acid groups (broad SMARTS) is 1. The van der Waals surface area contributed by atoms with Gasteiger partial charge in [0.25, 0.3) is 5.91 Å². The lowest BCUT2D eigenvalue weighted by Crippen LogP contribution is -2.57. The summed E-state index contributed by atoms with van der Waals surface area (Å²) in [6, 6.07) is 8.02. The molecule has 1 aromatic carbocycles. The largest absolute Gasteiger partial charge is 0.477 e. The lowest BCUT2D eigenvalue weighted by Gasteiger charge is -2.39. The fourth-order valence-corrected chi connectivity index (χ4v) is 3.19. The Morgan fingerprint density at radius 1 is 1.37 bits per heavy atom. The molecule has 2 rings (SSSR count). The highest BCUT2D eigenvalue weighted by Gasteiger charge is 2.50. The van der Waals surface area contributed by atoms with E-state index in [-0.39, 0.29) is 4.48 Å². The molecule has 0 aliphatic carbocycles. The van der Waals surface area contributed by atoms with Crippen molar-refractivity contribution in [2.24, 2.45) is 5.73 Å². The summed E-state index contributed by atoms with van der Waals surface area (Å²) in [6.07, 6.45) is 1.38. The maximum absolute atomic E-state index is 11.9. The number of nitrogens with zero attached hydrogens (tertiary/aromatic N) is 1. The Morgan fingerprint density at radius 2 is 2.00 bits per heavy atom. The number of likely N-dealkylation sites (tertiary alicyclic amines) is 1. The minimum absolute atomic E-state index is 0.161. The van der Waals surface area contributed by atoms with E-state index in [0.717, 1.165) is 12.0 Å². The molecule has 19 heavy (non-hydrogen) atoms. The van der Waals surface area contributed by atoms with Gasteiger partial charge in [-0.05, 0) is 0 Å². The summed E-state index contributed by atoms with van der Waals surface area (Å²) >= 11 is 0. The molecule has 5 nitrogen and oxygen atoms in total. The van der Waals surface area contributed by atoms with Crippen molar-refractivity contribution in [2.45, 2.75) is 24.9 Å². The molecule has 0 radical (unpaired) electrons. The van der Waals surface area contributed by atoms with Crippen LogP contribution in [0.4, 0.5) is 0 Å². The number of rotatable bonds is 4. The topological polar surface area (TPSA) is 80.4 Å². The standard InChI is InChI=1S/C14H18N2O3/c1-16(9-5-8-11(16)14(18)19)12(13(15)17)10-6-3-2-4-7-10/h2-4,6-7,11-12H,5,8-9H2,1H3,(H2-,15,17,18,19)/p+1/t11-,12+,16?/m1/s1. The minimum Gasteiger partial charge on any atom is -0.477 e. The van der Waals surface area contributed by atoms with Crippen LogP contribution in [0.25, 0.3) is 0 Å². The third kappa shape index (κ3) is 2.33. The van der Waals surface area contributed by atoms with E-state index in [2.05, 4.69) is 0 Å². The zero-order valence-electron chi connectivity index (χ0n) is 11.0. The van der Waals surface area contributed by atoms with Gasteiger partial charge >= 0.3 is 5.97 Å². The summed E-state index contributed by atoms with van der Waals surface area (Å²) in [7, 11) is 1.81. The molecule has 1 heterocycles. The fraction of sp³-hybridized carbons (Fsp3) is 0.429. The summed E-state index contributed by atoms with van der Waals surface area (Å²) in [5.41, 5.74) is 6.33. The molecule has 1 amide bonds. The molecule has 0 aromatic heterocycles. The van der Waals surface area contributed by atoms with E-state index in [0.29, 0.717) is 13.0 Å². The van der Waals surface area contributed by atoms with E-state index in [1.54, 1.807) is 0 Å². The number of carbonyl (C=O) groups excluding carboxylic acids is 1. The van der Waals surface area contributed by atoms with E-state index < -0.39 is 24.0 Å². The van der Waals surface area contributed by atoms with Crippen LogP contribution < -0.4 is 5.73 Å². The first-order valence-electron chi connectivity index (χ1n) is 6.39. The van der Waals surface area contributed by atoms with Gasteiger partial charge in [-0.1, -0.05) is 30.3 Å². The molecule has 1 aromatic rings. The first-order chi connectivity index (χ1) is 8.97. The van der Waals surface area contributed by atoms with Crippen LogP contribution in [0.15, 0.2) is 30.3 Å². The second-order valence-electron chi connectivity index (χ2n) is 5.28. The van der Waals surface area contributed by atoms with Gasteiger partial charge in [-0.25, -0.2) is 4.79 Å². The van der Waals surface area contributed by atoms with Gasteiger partial charge < -0.3 is 15.3 Å². The lowest BCUT2D eigenvalue weighted by atomic mass is 10.0. The van der Waals surface area contributed by atoms with Gasteiger partial charge in [0.15, 0.2) is 12.1 Å². The number of carboxylic acids is 1. The Kier molecular flexibility index (Phi) is 3.57. The monoisotopic (exact) mass is 263 g/mol. The number of quaternary nitrogens is 1. The molecule has 102 valence electrons. The number of likely N-dealkylation sites (N-methyl/N-ethyl adjacent to an activating group) is 1. The Morgan fingerprint density at radius 3 is 2.53 bits per heavy atom. The number of primary amides is 1. The molecule has 3 N–H and O–H groups in total. The number of carbonyl (C=O) groups is 2. The van der Waals surface area contributed by atoms with Crippen molar-refractivity contribution in [1.29, 1.82) is 0 Å². The number of hydrogen-bond acceptors (Lipinski definition) is 2. The highest BCUT2D eigenvalue weighted by molar-refractivity contribution is 5.81. The molecule has 1 unspecified atom stereocenters. The molecular formula is C14H19N2O3+. The third-order valence-corrected chi connectivity index (χ3v) is 4.09. The molecule has 1 saturated heterocycles. The van der Waals surface area contributed by atoms with Crippen LogP contribution in [-0.4, -0.2) is 41.1 Å². The molecule has 1 fully saturated rings. The predicted molar refractivity (Wildman–Crippen MR) is 70.1 cm³/mol. The highest BCUT2D eigenvalue weighted by atomic mass is 16.4. The van der Waals surface area contributed by atoms with Gasteiger partial charge in [0.2, 0.25) is 0 Å². The van der Waals surface area contributed by atoms with E-state index in [1.807, 2.05) is 37.4 Å². The molecule has 1 aliphatic rings. The lowest BCUT2D eigenvalue weighted by molar-refractivity contribution is -0.933. The summed E-state index contributed by atoms with van der Waals surface area (Å²) in [5, 5.41) is 9.36. The predicted octanol–water partition coefficient (Wildman–Crippen LogP) is 0.907. The maximum atomic E-state index is 11.9. The number of amides is 1. The van der Waals surface area contributed by atoms with E-state index in [9.17, 15) is 14.7 Å². The van der Waals surface area contributed by atoms with E-state index in [1.165, 1.54) is 0 Å². The zero-order chi connectivity index (χ0) is 14.0. The van der Waals surface area contributed by atoms with E-state index in [4.69, 9.17) is 5.73 Å². The second kappa shape index (κ2) is 5.01. The smallest absolute Gasteiger partial charge is 0.362 e. The Bertz CT molecular complexity index is 489. The summed E-state index contributed by atoms with van der Waals surface area (Å²) in [5.74, 6) is -1.33. The molecule has 1 aliphatic heterocycles. The van der Waals surface area contributed by atoms with Crippen LogP contribution in [0.5, 0.6) is 0 Å². The number of aliphatic carboxylic acids is 1. The molecule has 0 bridgehead atoms. The van der Waals surface area contributed by atoms with Gasteiger partial charge in [0.1, 0.15) is 0 Å². The SMILES string of the molecule is C[N+]1([C@H](C(N)=O)c2ccccc2)CCC[C@@H]1C(=O)O. The molecule has 5 heteroatoms. The Hall–Kier alpha value is -1.88. The molecule has 3 atom stereocenters. The van der Waals surface area contributed by atoms with Gasteiger partial charge in [-0.15, -0.1) is 0 Å². The highest BCUT2D eigenvalue weighted by Crippen LogP contribution is 2.36. The van der Waals surface area contributed by atoms with Crippen LogP contribution in [0.3, 0.4) is 0 Å². The van der Waals surface area contributed by atoms with Crippen molar-refractivity contribution >= 4 is 11.9 Å². The van der Waals surface area contributed by atoms with Crippen molar-refractivity contribution < 1.29 is 19.2 Å². The Labute approximate surface area is 112 Å². The third-order valence-electron chi connectivity index (χ3n) is 4.09. The summed E-state index contributed by atoms with van der Waals surface area (Å²) < 4.78 is 0.161. The van der Waals surface area contributed by atoms with Gasteiger partial charge in [-0.3, -0.25) is 4.79 Å². The van der Waals surface area contributed by atoms with Crippen molar-refractivity contribution in [3.05, 3.63) is 35.9 Å². The van der Waals surface area contributed by atoms with Crippen molar-refractivity contribution in [3.8, 4) is 0 Å². The van der Waals surface area contributed by atoms with Crippen LogP contribution in [0, 0.1) is 0 Å². The summed E-state index contributed by atoms with van der Waals surface area (Å²) in [4.78, 5) is 23.3. The van der Waals surface area contributed by atoms with Crippen LogP contribution >= 0.6 is 0 Å². The average Bonchev–Trinajstić information content (AvgIpc) is 2.72. The van der Waals surface area contributed by atoms with Crippen LogP contribution in [0.2, 0.25) is 0 Å². The number of hydrogen-bond donors (Lipinski definition) is 2. The second-order valence-corrected chi connectivity index (χ2v) is 5.28. The van der Waals surface area contributed by atoms with Gasteiger partial charge in [-0.2, -0.15) is 0 Å². The summed E-state index contributed by atoms with van der Waals surface area (Å²) in [6.45, 7) is 0.652. The number of nitrogens with two attached hydrogens (primary N) is 1. The van der Waals surface area contributed by atoms with Crippen molar-refractivity contribution in [3.63, 3.8) is 0 Å². The normalized spacial score (nSPS) is 27.9. The molecule has 0 saturated carbocycles. The Balaban J connectivity index is 2.44. The first-order valence-corrected chi connectivity index (χ1v) is 6.39. The van der Waals surface area contributed by atoms with Gasteiger partial charge in [0.05, 0.1) is 13.6 Å². The zero-order valence-corrected chi connectivity index (χ0v) is 11.0. The van der Waals surface area contributed by atoms with Crippen LogP contribution in [0.1, 0.15) is 24.4 Å². The first kappa shape index (κ1) is 13.5. The van der Waals surface area contributed by atoms with E-state index >= 15 is 0 Å². The number of benzene rings is 1. The van der Waals surface area contributed by atoms with Gasteiger partial charge in [0, 0.05) is 18.4 Å². The quantitative estimate of drug-likeness (QED) is 0.792. The average molecular weight is 263 g/mol. The molecule has 0 spiro atoms. The molecular weight excluding hydrogens is 244 g/mol.